The topological polar surface area (TPSA) is 55.0 Å². The number of aromatic nitrogens is 2. The lowest BCUT2D eigenvalue weighted by atomic mass is 10.0. The number of aromatic amines is 1. The van der Waals surface area contributed by atoms with E-state index in [-0.39, 0.29) is 5.97 Å². The van der Waals surface area contributed by atoms with Gasteiger partial charge in [0, 0.05) is 11.8 Å². The molecule has 4 heteroatoms. The number of fused-ring (bicyclic) bond motifs is 1. The van der Waals surface area contributed by atoms with Crippen molar-refractivity contribution >= 4 is 16.9 Å². The summed E-state index contributed by atoms with van der Waals surface area (Å²) in [5.74, 6) is -0.155. The fourth-order valence-corrected chi connectivity index (χ4v) is 2.10. The minimum Gasteiger partial charge on any atom is -0.460 e. The van der Waals surface area contributed by atoms with E-state index in [1.54, 1.807) is 6.20 Å². The van der Waals surface area contributed by atoms with Crippen LogP contribution in [-0.2, 0) is 16.0 Å². The summed E-state index contributed by atoms with van der Waals surface area (Å²) >= 11 is 0. The highest BCUT2D eigenvalue weighted by atomic mass is 16.6. The summed E-state index contributed by atoms with van der Waals surface area (Å²) < 4.78 is 5.30. The molecule has 1 aromatic carbocycles. The van der Waals surface area contributed by atoms with Crippen LogP contribution < -0.4 is 0 Å². The van der Waals surface area contributed by atoms with Gasteiger partial charge < -0.3 is 4.74 Å². The van der Waals surface area contributed by atoms with Gasteiger partial charge in [-0.25, -0.2) is 0 Å². The Morgan fingerprint density at radius 2 is 2.11 bits per heavy atom. The predicted molar refractivity (Wildman–Crippen MR) is 75.0 cm³/mol. The largest absolute Gasteiger partial charge is 0.460 e. The number of rotatable bonds is 3. The molecule has 1 aromatic heterocycles. The summed E-state index contributed by atoms with van der Waals surface area (Å²) in [6, 6.07) is 4.15. The summed E-state index contributed by atoms with van der Waals surface area (Å²) in [6.07, 6.45) is 2.90. The first-order valence-corrected chi connectivity index (χ1v) is 6.49. The van der Waals surface area contributed by atoms with Crippen molar-refractivity contribution in [1.29, 1.82) is 0 Å². The van der Waals surface area contributed by atoms with E-state index in [1.807, 2.05) is 27.7 Å². The van der Waals surface area contributed by atoms with Gasteiger partial charge in [-0.3, -0.25) is 9.89 Å². The zero-order valence-corrected chi connectivity index (χ0v) is 11.9. The number of hydrogen-bond acceptors (Lipinski definition) is 3. The molecule has 4 nitrogen and oxygen atoms in total. The molecule has 0 radical (unpaired) electrons. The van der Waals surface area contributed by atoms with Crippen molar-refractivity contribution in [2.45, 2.75) is 46.1 Å². The number of esters is 1. The summed E-state index contributed by atoms with van der Waals surface area (Å²) in [7, 11) is 0. The summed E-state index contributed by atoms with van der Waals surface area (Å²) in [5, 5.41) is 8.08. The molecular weight excluding hydrogens is 240 g/mol. The maximum atomic E-state index is 11.7. The molecule has 1 N–H and O–H groups in total. The molecule has 0 unspecified atom stereocenters. The Hall–Kier alpha value is -1.84. The monoisotopic (exact) mass is 260 g/mol. The van der Waals surface area contributed by atoms with E-state index in [4.69, 9.17) is 4.74 Å². The van der Waals surface area contributed by atoms with Crippen LogP contribution in [0.15, 0.2) is 18.3 Å². The van der Waals surface area contributed by atoms with Gasteiger partial charge in [0.15, 0.2) is 0 Å². The molecule has 2 rings (SSSR count). The number of H-pyrrole nitrogens is 1. The molecule has 0 saturated heterocycles. The Morgan fingerprint density at radius 1 is 1.37 bits per heavy atom. The Bertz CT molecular complexity index is 594. The molecule has 0 aliphatic rings. The molecule has 0 atom stereocenters. The highest BCUT2D eigenvalue weighted by Gasteiger charge is 2.16. The Balaban J connectivity index is 2.04. The number of nitrogens with one attached hydrogen (secondary N) is 1. The molecule has 19 heavy (non-hydrogen) atoms. The van der Waals surface area contributed by atoms with Crippen molar-refractivity contribution in [2.75, 3.05) is 0 Å². The van der Waals surface area contributed by atoms with E-state index >= 15 is 0 Å². The second kappa shape index (κ2) is 5.03. The van der Waals surface area contributed by atoms with Crippen LogP contribution in [0.3, 0.4) is 0 Å². The molecule has 102 valence electrons. The third kappa shape index (κ3) is 3.56. The van der Waals surface area contributed by atoms with Crippen molar-refractivity contribution in [3.8, 4) is 0 Å². The molecule has 0 saturated carbocycles. The zero-order valence-electron chi connectivity index (χ0n) is 11.9. The van der Waals surface area contributed by atoms with Crippen molar-refractivity contribution in [3.63, 3.8) is 0 Å². The number of carbonyl (C=O) groups is 1. The van der Waals surface area contributed by atoms with Gasteiger partial charge in [-0.2, -0.15) is 5.10 Å². The highest BCUT2D eigenvalue weighted by Crippen LogP contribution is 2.19. The Labute approximate surface area is 113 Å². The second-order valence-corrected chi connectivity index (χ2v) is 5.83. The lowest BCUT2D eigenvalue weighted by Gasteiger charge is -2.19. The lowest BCUT2D eigenvalue weighted by molar-refractivity contribution is -0.154. The van der Waals surface area contributed by atoms with E-state index in [2.05, 4.69) is 22.3 Å². The molecule has 0 aliphatic heterocycles. The average Bonchev–Trinajstić information content (AvgIpc) is 2.72. The van der Waals surface area contributed by atoms with Crippen LogP contribution in [0.2, 0.25) is 0 Å². The van der Waals surface area contributed by atoms with Crippen LogP contribution in [-0.4, -0.2) is 21.8 Å². The summed E-state index contributed by atoms with van der Waals surface area (Å²) in [4.78, 5) is 11.7. The number of aryl methyl sites for hydroxylation is 2. The van der Waals surface area contributed by atoms with Gasteiger partial charge in [0.2, 0.25) is 0 Å². The fourth-order valence-electron chi connectivity index (χ4n) is 2.10. The highest BCUT2D eigenvalue weighted by molar-refractivity contribution is 5.82. The number of carbonyl (C=O) groups excluding carboxylic acids is 1. The lowest BCUT2D eigenvalue weighted by Crippen LogP contribution is -2.24. The van der Waals surface area contributed by atoms with E-state index in [0.717, 1.165) is 22.0 Å². The first-order chi connectivity index (χ1) is 8.85. The molecule has 0 bridgehead atoms. The molecule has 0 spiro atoms. The Morgan fingerprint density at radius 3 is 2.79 bits per heavy atom. The summed E-state index contributed by atoms with van der Waals surface area (Å²) in [6.45, 7) is 7.68. The summed E-state index contributed by atoms with van der Waals surface area (Å²) in [5.41, 5.74) is 2.93. The van der Waals surface area contributed by atoms with Crippen LogP contribution in [0.1, 0.15) is 38.3 Å². The quantitative estimate of drug-likeness (QED) is 0.862. The molecule has 1 heterocycles. The third-order valence-electron chi connectivity index (χ3n) is 2.84. The smallest absolute Gasteiger partial charge is 0.306 e. The van der Waals surface area contributed by atoms with Crippen molar-refractivity contribution in [3.05, 3.63) is 29.5 Å². The number of ether oxygens (including phenoxy) is 1. The zero-order chi connectivity index (χ0) is 14.0. The van der Waals surface area contributed by atoms with Gasteiger partial charge in [0.1, 0.15) is 5.60 Å². The Kier molecular flexibility index (Phi) is 3.60. The van der Waals surface area contributed by atoms with Gasteiger partial charge in [-0.05, 0) is 51.3 Å². The van der Waals surface area contributed by atoms with E-state index in [9.17, 15) is 4.79 Å². The van der Waals surface area contributed by atoms with E-state index in [0.29, 0.717) is 12.8 Å². The standard InChI is InChI=1S/C15H20N2O2/c1-10-7-11(8-12-9-16-17-14(10)12)5-6-13(18)19-15(2,3)4/h7-9H,5-6H2,1-4H3,(H,16,17). The molecule has 0 amide bonds. The normalized spacial score (nSPS) is 11.8. The maximum Gasteiger partial charge on any atom is 0.306 e. The van der Waals surface area contributed by atoms with Crippen LogP contribution >= 0.6 is 0 Å². The predicted octanol–water partition coefficient (Wildman–Crippen LogP) is 3.15. The second-order valence-electron chi connectivity index (χ2n) is 5.83. The van der Waals surface area contributed by atoms with E-state index in [1.165, 1.54) is 0 Å². The van der Waals surface area contributed by atoms with Crippen LogP contribution in [0.25, 0.3) is 10.9 Å². The number of hydrogen-bond donors (Lipinski definition) is 1. The van der Waals surface area contributed by atoms with Crippen molar-refractivity contribution in [1.82, 2.24) is 10.2 Å². The van der Waals surface area contributed by atoms with Gasteiger partial charge in [-0.1, -0.05) is 6.07 Å². The van der Waals surface area contributed by atoms with Gasteiger partial charge in [0.05, 0.1) is 11.7 Å². The third-order valence-corrected chi connectivity index (χ3v) is 2.84. The average molecular weight is 260 g/mol. The molecular formula is C15H20N2O2. The van der Waals surface area contributed by atoms with Crippen LogP contribution in [0.5, 0.6) is 0 Å². The first kappa shape index (κ1) is 13.6. The maximum absolute atomic E-state index is 11.7. The number of benzene rings is 1. The molecule has 2 aromatic rings. The van der Waals surface area contributed by atoms with Gasteiger partial charge in [-0.15, -0.1) is 0 Å². The SMILES string of the molecule is Cc1cc(CCC(=O)OC(C)(C)C)cc2cn[nH]c12. The van der Waals surface area contributed by atoms with Crippen LogP contribution in [0, 0.1) is 6.92 Å². The number of nitrogens with zero attached hydrogens (tertiary/aromatic N) is 1. The van der Waals surface area contributed by atoms with Crippen LogP contribution in [0.4, 0.5) is 0 Å². The van der Waals surface area contributed by atoms with Crippen molar-refractivity contribution in [2.24, 2.45) is 0 Å². The minimum absolute atomic E-state index is 0.155. The van der Waals surface area contributed by atoms with Crippen molar-refractivity contribution < 1.29 is 9.53 Å². The van der Waals surface area contributed by atoms with E-state index < -0.39 is 5.60 Å². The van der Waals surface area contributed by atoms with Gasteiger partial charge >= 0.3 is 5.97 Å². The van der Waals surface area contributed by atoms with Gasteiger partial charge in [0.25, 0.3) is 0 Å². The molecule has 0 fully saturated rings. The molecule has 0 aliphatic carbocycles. The minimum atomic E-state index is -0.415. The fraction of sp³-hybridized carbons (Fsp3) is 0.467. The first-order valence-electron chi connectivity index (χ1n) is 6.49.